The fraction of sp³-hybridized carbons (Fsp3) is 0.200. The minimum atomic E-state index is -3.32. The summed E-state index contributed by atoms with van der Waals surface area (Å²) in [5, 5.41) is 12.0. The highest BCUT2D eigenvalue weighted by molar-refractivity contribution is 6.35. The third-order valence-electron chi connectivity index (χ3n) is 6.44. The minimum absolute atomic E-state index is 0.0191. The Bertz CT molecular complexity index is 1790. The van der Waals surface area contributed by atoms with Crippen molar-refractivity contribution in [2.45, 2.75) is 24.9 Å². The molecule has 1 aliphatic rings. The van der Waals surface area contributed by atoms with Gasteiger partial charge in [0.25, 0.3) is 11.5 Å². The van der Waals surface area contributed by atoms with Crippen LogP contribution >= 0.6 is 11.6 Å². The Morgan fingerprint density at radius 3 is 2.51 bits per heavy atom. The number of amides is 1. The summed E-state index contributed by atoms with van der Waals surface area (Å²) >= 11 is 6.29. The average molecular weight is 588 g/mol. The van der Waals surface area contributed by atoms with Crippen molar-refractivity contribution in [1.29, 1.82) is 5.26 Å². The maximum Gasteiger partial charge on any atom is 0.315 e. The molecule has 2 atom stereocenters. The zero-order valence-corrected chi connectivity index (χ0v) is 21.4. The molecular weight excluding hydrogens is 570 g/mol. The standard InChI is InChI=1S/C25H18ClF4N9O2/c26-15-2-1-3-16-18(15)24(41)39(13-5-10(27)4-11(28)6-13)22(35-16)17-7-12(34-23(40)19(29)30)9-38(17)21-14(8-31)20(32)36-25(33)37-21/h1-6,12,17,19H,7,9H2,(H,34,40)(H4,32,33,36,37)/t12?,17-/m0/s1. The van der Waals surface area contributed by atoms with Crippen LogP contribution in [0.4, 0.5) is 35.1 Å². The van der Waals surface area contributed by atoms with Crippen LogP contribution in [0.25, 0.3) is 16.6 Å². The lowest BCUT2D eigenvalue weighted by molar-refractivity contribution is -0.132. The van der Waals surface area contributed by atoms with Gasteiger partial charge in [0, 0.05) is 18.7 Å². The lowest BCUT2D eigenvalue weighted by Gasteiger charge is -2.28. The van der Waals surface area contributed by atoms with E-state index in [2.05, 4.69) is 20.3 Å². The highest BCUT2D eigenvalue weighted by Crippen LogP contribution is 2.38. The smallest absolute Gasteiger partial charge is 0.315 e. The van der Waals surface area contributed by atoms with Crippen LogP contribution in [0.15, 0.2) is 41.2 Å². The number of nitrogens with two attached hydrogens (primary N) is 2. The summed E-state index contributed by atoms with van der Waals surface area (Å²) in [5.41, 5.74) is 10.5. The summed E-state index contributed by atoms with van der Waals surface area (Å²) in [6, 6.07) is 6.65. The Morgan fingerprint density at radius 2 is 1.85 bits per heavy atom. The molecule has 5 N–H and O–H groups in total. The third-order valence-corrected chi connectivity index (χ3v) is 6.76. The summed E-state index contributed by atoms with van der Waals surface area (Å²) in [6.07, 6.45) is -3.47. The van der Waals surface area contributed by atoms with Gasteiger partial charge in [-0.15, -0.1) is 0 Å². The van der Waals surface area contributed by atoms with Gasteiger partial charge in [0.05, 0.1) is 27.7 Å². The number of halogens is 5. The number of fused-ring (bicyclic) bond motifs is 1. The number of benzene rings is 2. The van der Waals surface area contributed by atoms with E-state index in [0.717, 1.165) is 16.7 Å². The van der Waals surface area contributed by atoms with Gasteiger partial charge in [-0.3, -0.25) is 14.2 Å². The van der Waals surface area contributed by atoms with Crippen molar-refractivity contribution in [3.05, 3.63) is 74.8 Å². The van der Waals surface area contributed by atoms with Gasteiger partial charge in [0.1, 0.15) is 34.9 Å². The molecule has 11 nitrogen and oxygen atoms in total. The molecule has 0 aliphatic carbocycles. The Labute approximate surface area is 233 Å². The molecular formula is C25H18ClF4N9O2. The fourth-order valence-electron chi connectivity index (χ4n) is 4.83. The van der Waals surface area contributed by atoms with Gasteiger partial charge in [-0.05, 0) is 30.7 Å². The van der Waals surface area contributed by atoms with Gasteiger partial charge in [0.2, 0.25) is 5.95 Å². The van der Waals surface area contributed by atoms with Crippen LogP contribution in [0, 0.1) is 23.0 Å². The quantitative estimate of drug-likeness (QED) is 0.297. The lowest BCUT2D eigenvalue weighted by Crippen LogP contribution is -2.40. The maximum atomic E-state index is 14.3. The molecule has 0 saturated carbocycles. The van der Waals surface area contributed by atoms with E-state index in [1.54, 1.807) is 0 Å². The van der Waals surface area contributed by atoms with Gasteiger partial charge < -0.3 is 21.7 Å². The molecule has 0 bridgehead atoms. The molecule has 0 spiro atoms. The molecule has 5 rings (SSSR count). The van der Waals surface area contributed by atoms with E-state index in [0.29, 0.717) is 6.07 Å². The SMILES string of the molecule is N#Cc1c(N)nc(N)nc1N1CC(NC(=O)C(F)F)C[C@H]1c1nc2cccc(Cl)c2c(=O)n1-c1cc(F)cc(F)c1. The number of nitrogens with zero attached hydrogens (tertiary/aromatic N) is 6. The molecule has 1 aliphatic heterocycles. The van der Waals surface area contributed by atoms with Crippen molar-refractivity contribution < 1.29 is 22.4 Å². The topological polar surface area (TPSA) is 169 Å². The first kappa shape index (κ1) is 27.6. The number of carbonyl (C=O) groups is 1. The molecule has 2 aromatic carbocycles. The number of nitrogens with one attached hydrogen (secondary N) is 1. The molecule has 1 saturated heterocycles. The first-order valence-electron chi connectivity index (χ1n) is 11.8. The van der Waals surface area contributed by atoms with Crippen LogP contribution in [-0.2, 0) is 4.79 Å². The molecule has 16 heteroatoms. The second-order valence-corrected chi connectivity index (χ2v) is 9.47. The molecule has 1 fully saturated rings. The Hall–Kier alpha value is -4.97. The summed E-state index contributed by atoms with van der Waals surface area (Å²) in [5.74, 6) is -4.40. The molecule has 1 unspecified atom stereocenters. The van der Waals surface area contributed by atoms with Gasteiger partial charge in [-0.2, -0.15) is 24.0 Å². The van der Waals surface area contributed by atoms with E-state index < -0.39 is 41.6 Å². The lowest BCUT2D eigenvalue weighted by atomic mass is 10.1. The number of hydrogen-bond acceptors (Lipinski definition) is 9. The van der Waals surface area contributed by atoms with E-state index >= 15 is 0 Å². The Balaban J connectivity index is 1.80. The van der Waals surface area contributed by atoms with Crippen LogP contribution < -0.4 is 27.2 Å². The summed E-state index contributed by atoms with van der Waals surface area (Å²) in [4.78, 5) is 39.6. The van der Waals surface area contributed by atoms with E-state index in [9.17, 15) is 32.4 Å². The summed E-state index contributed by atoms with van der Waals surface area (Å²) < 4.78 is 55.8. The van der Waals surface area contributed by atoms with Gasteiger partial charge >= 0.3 is 6.43 Å². The van der Waals surface area contributed by atoms with E-state index in [4.69, 9.17) is 23.1 Å². The van der Waals surface area contributed by atoms with Crippen LogP contribution in [0.2, 0.25) is 5.02 Å². The van der Waals surface area contributed by atoms with E-state index in [1.165, 1.54) is 23.1 Å². The van der Waals surface area contributed by atoms with Crippen molar-refractivity contribution in [1.82, 2.24) is 24.8 Å². The molecule has 3 heterocycles. The van der Waals surface area contributed by atoms with Gasteiger partial charge in [0.15, 0.2) is 5.82 Å². The molecule has 210 valence electrons. The second kappa shape index (κ2) is 10.5. The van der Waals surface area contributed by atoms with E-state index in [-0.39, 0.29) is 63.6 Å². The zero-order valence-electron chi connectivity index (χ0n) is 20.7. The number of carbonyl (C=O) groups excluding carboxylic acids is 1. The first-order chi connectivity index (χ1) is 19.5. The van der Waals surface area contributed by atoms with Crippen LogP contribution in [0.1, 0.15) is 23.9 Å². The van der Waals surface area contributed by atoms with Crippen molar-refractivity contribution in [3.63, 3.8) is 0 Å². The highest BCUT2D eigenvalue weighted by Gasteiger charge is 2.40. The second-order valence-electron chi connectivity index (χ2n) is 9.06. The molecule has 2 aromatic heterocycles. The number of hydrogen-bond donors (Lipinski definition) is 3. The van der Waals surface area contributed by atoms with Crippen LogP contribution in [-0.4, -0.2) is 44.4 Å². The number of alkyl halides is 2. The monoisotopic (exact) mass is 587 g/mol. The number of aromatic nitrogens is 4. The molecule has 41 heavy (non-hydrogen) atoms. The summed E-state index contributed by atoms with van der Waals surface area (Å²) in [6.45, 7) is -0.214. The number of nitrogen functional groups attached to an aromatic ring is 2. The van der Waals surface area contributed by atoms with E-state index in [1.807, 2.05) is 6.07 Å². The van der Waals surface area contributed by atoms with Crippen molar-refractivity contribution in [2.24, 2.45) is 0 Å². The molecule has 1 amide bonds. The largest absolute Gasteiger partial charge is 0.382 e. The first-order valence-corrected chi connectivity index (χ1v) is 12.2. The predicted molar refractivity (Wildman–Crippen MR) is 140 cm³/mol. The maximum absolute atomic E-state index is 14.3. The highest BCUT2D eigenvalue weighted by atomic mass is 35.5. The average Bonchev–Trinajstić information content (AvgIpc) is 3.30. The van der Waals surface area contributed by atoms with Crippen molar-refractivity contribution >= 4 is 46.0 Å². The van der Waals surface area contributed by atoms with Crippen molar-refractivity contribution in [3.8, 4) is 11.8 Å². The number of anilines is 3. The third kappa shape index (κ3) is 5.05. The van der Waals surface area contributed by atoms with Crippen molar-refractivity contribution in [2.75, 3.05) is 22.9 Å². The van der Waals surface area contributed by atoms with Gasteiger partial charge in [-0.1, -0.05) is 17.7 Å². The molecule has 4 aromatic rings. The van der Waals surface area contributed by atoms with Crippen LogP contribution in [0.3, 0.4) is 0 Å². The zero-order chi connectivity index (χ0) is 29.6. The Kier molecular flexibility index (Phi) is 7.09. The molecule has 0 radical (unpaired) electrons. The number of rotatable bonds is 5. The number of nitriles is 1. The normalized spacial score (nSPS) is 16.8. The van der Waals surface area contributed by atoms with Gasteiger partial charge in [-0.25, -0.2) is 13.8 Å². The fourth-order valence-corrected chi connectivity index (χ4v) is 5.08. The predicted octanol–water partition coefficient (Wildman–Crippen LogP) is 2.84. The Morgan fingerprint density at radius 1 is 1.15 bits per heavy atom. The minimum Gasteiger partial charge on any atom is -0.382 e. The van der Waals surface area contributed by atoms with Crippen LogP contribution in [0.5, 0.6) is 0 Å². The summed E-state index contributed by atoms with van der Waals surface area (Å²) in [7, 11) is 0.